The smallest absolute Gasteiger partial charge is 0.255 e. The van der Waals surface area contributed by atoms with Crippen LogP contribution in [0.4, 0.5) is 10.8 Å². The number of carbonyl (C=O) groups is 2. The molecule has 1 fully saturated rings. The van der Waals surface area contributed by atoms with Crippen LogP contribution in [0.1, 0.15) is 48.0 Å². The maximum Gasteiger partial charge on any atom is 0.255 e. The lowest BCUT2D eigenvalue weighted by molar-refractivity contribution is -0.120. The van der Waals surface area contributed by atoms with Crippen molar-refractivity contribution in [3.05, 3.63) is 53.6 Å². The number of carbonyl (C=O) groups excluding carboxylic acids is 2. The summed E-state index contributed by atoms with van der Waals surface area (Å²) >= 11 is 1.44. The van der Waals surface area contributed by atoms with Crippen molar-refractivity contribution < 1.29 is 9.59 Å². The van der Waals surface area contributed by atoms with Crippen molar-refractivity contribution in [1.29, 1.82) is 0 Å². The average molecular weight is 394 g/mol. The summed E-state index contributed by atoms with van der Waals surface area (Å²) in [5.74, 6) is 0.0457. The molecule has 2 aromatic carbocycles. The molecule has 144 valence electrons. The molecule has 0 unspecified atom stereocenters. The Bertz CT molecular complexity index is 1020. The number of rotatable bonds is 4. The molecule has 2 N–H and O–H groups in total. The summed E-state index contributed by atoms with van der Waals surface area (Å²) in [6, 6.07) is 13.1. The second-order valence-electron chi connectivity index (χ2n) is 7.29. The minimum absolute atomic E-state index is 0.0758. The van der Waals surface area contributed by atoms with Crippen LogP contribution in [0.2, 0.25) is 0 Å². The highest BCUT2D eigenvalue weighted by Gasteiger charge is 2.22. The molecule has 1 saturated carbocycles. The molecule has 0 aliphatic heterocycles. The third-order valence-electron chi connectivity index (χ3n) is 5.24. The molecule has 0 atom stereocenters. The normalized spacial score (nSPS) is 14.8. The molecule has 6 heteroatoms. The number of anilines is 2. The van der Waals surface area contributed by atoms with Crippen molar-refractivity contribution in [1.82, 2.24) is 4.98 Å². The van der Waals surface area contributed by atoms with E-state index >= 15 is 0 Å². The lowest BCUT2D eigenvalue weighted by atomic mass is 9.89. The van der Waals surface area contributed by atoms with Gasteiger partial charge in [-0.3, -0.25) is 9.59 Å². The lowest BCUT2D eigenvalue weighted by Gasteiger charge is -2.19. The second-order valence-corrected chi connectivity index (χ2v) is 8.33. The van der Waals surface area contributed by atoms with Crippen molar-refractivity contribution in [2.75, 3.05) is 10.6 Å². The van der Waals surface area contributed by atoms with Crippen molar-refractivity contribution >= 4 is 44.2 Å². The highest BCUT2D eigenvalue weighted by Crippen LogP contribution is 2.30. The van der Waals surface area contributed by atoms with Gasteiger partial charge in [0.1, 0.15) is 0 Å². The van der Waals surface area contributed by atoms with Gasteiger partial charge in [-0.25, -0.2) is 4.98 Å². The van der Waals surface area contributed by atoms with E-state index in [1.165, 1.54) is 17.8 Å². The average Bonchev–Trinajstić information content (AvgIpc) is 3.10. The van der Waals surface area contributed by atoms with E-state index in [2.05, 4.69) is 15.6 Å². The highest BCUT2D eigenvalue weighted by atomic mass is 32.1. The van der Waals surface area contributed by atoms with Crippen LogP contribution in [0.25, 0.3) is 10.2 Å². The Balaban J connectivity index is 1.48. The molecule has 5 nitrogen and oxygen atoms in total. The topological polar surface area (TPSA) is 71.1 Å². The van der Waals surface area contributed by atoms with E-state index in [1.807, 2.05) is 49.4 Å². The molecule has 1 heterocycles. The van der Waals surface area contributed by atoms with Crippen LogP contribution >= 0.6 is 11.3 Å². The summed E-state index contributed by atoms with van der Waals surface area (Å²) in [7, 11) is 0. The van der Waals surface area contributed by atoms with Crippen molar-refractivity contribution in [3.63, 3.8) is 0 Å². The molecule has 28 heavy (non-hydrogen) atoms. The van der Waals surface area contributed by atoms with Gasteiger partial charge in [0.05, 0.1) is 10.2 Å². The van der Waals surface area contributed by atoms with Gasteiger partial charge in [-0.2, -0.15) is 0 Å². The molecule has 0 radical (unpaired) electrons. The highest BCUT2D eigenvalue weighted by molar-refractivity contribution is 7.22. The first-order valence-electron chi connectivity index (χ1n) is 9.68. The maximum atomic E-state index is 12.5. The molecule has 0 spiro atoms. The first-order chi connectivity index (χ1) is 13.6. The number of fused-ring (bicyclic) bond motifs is 1. The minimum Gasteiger partial charge on any atom is -0.322 e. The fourth-order valence-electron chi connectivity index (χ4n) is 3.65. The number of hydrogen-bond acceptors (Lipinski definition) is 4. The van der Waals surface area contributed by atoms with Crippen molar-refractivity contribution in [3.8, 4) is 0 Å². The Morgan fingerprint density at radius 1 is 1.04 bits per heavy atom. The van der Waals surface area contributed by atoms with Crippen LogP contribution in [-0.4, -0.2) is 16.8 Å². The van der Waals surface area contributed by atoms with Crippen LogP contribution in [0.15, 0.2) is 42.5 Å². The number of thiazole rings is 1. The van der Waals surface area contributed by atoms with Gasteiger partial charge in [0.2, 0.25) is 5.91 Å². The number of hydrogen-bond donors (Lipinski definition) is 2. The second kappa shape index (κ2) is 8.10. The van der Waals surface area contributed by atoms with Crippen LogP contribution in [0, 0.1) is 12.8 Å². The monoisotopic (exact) mass is 393 g/mol. The van der Waals surface area contributed by atoms with Gasteiger partial charge in [-0.15, -0.1) is 0 Å². The predicted molar refractivity (Wildman–Crippen MR) is 114 cm³/mol. The number of nitrogens with one attached hydrogen (secondary N) is 2. The number of aryl methyl sites for hydroxylation is 1. The van der Waals surface area contributed by atoms with E-state index in [-0.39, 0.29) is 17.7 Å². The summed E-state index contributed by atoms with van der Waals surface area (Å²) in [4.78, 5) is 29.5. The Morgan fingerprint density at radius 2 is 1.82 bits per heavy atom. The standard InChI is InChI=1S/C22H23N3O2S/c1-14-7-5-6-10-17(14)21(27)23-16-11-12-18-19(13-16)28-22(24-18)25-20(26)15-8-3-2-4-9-15/h5-7,10-13,15H,2-4,8-9H2,1H3,(H,23,27)(H,24,25,26). The van der Waals surface area contributed by atoms with Gasteiger partial charge < -0.3 is 10.6 Å². The van der Waals surface area contributed by atoms with Gasteiger partial charge in [0, 0.05) is 17.2 Å². The summed E-state index contributed by atoms with van der Waals surface area (Å²) < 4.78 is 0.932. The fraction of sp³-hybridized carbons (Fsp3) is 0.318. The van der Waals surface area contributed by atoms with E-state index in [0.29, 0.717) is 10.7 Å². The molecule has 1 aliphatic carbocycles. The lowest BCUT2D eigenvalue weighted by Crippen LogP contribution is -2.24. The summed E-state index contributed by atoms with van der Waals surface area (Å²) in [6.45, 7) is 1.92. The van der Waals surface area contributed by atoms with Crippen LogP contribution in [0.5, 0.6) is 0 Å². The molecule has 1 aromatic heterocycles. The Hall–Kier alpha value is -2.73. The van der Waals surface area contributed by atoms with E-state index < -0.39 is 0 Å². The molecule has 0 saturated heterocycles. The van der Waals surface area contributed by atoms with Gasteiger partial charge >= 0.3 is 0 Å². The van der Waals surface area contributed by atoms with E-state index in [9.17, 15) is 9.59 Å². The quantitative estimate of drug-likeness (QED) is 0.625. The van der Waals surface area contributed by atoms with E-state index in [4.69, 9.17) is 0 Å². The predicted octanol–water partition coefficient (Wildman–Crippen LogP) is 5.38. The minimum atomic E-state index is -0.132. The number of nitrogens with zero attached hydrogens (tertiary/aromatic N) is 1. The fourth-order valence-corrected chi connectivity index (χ4v) is 4.56. The third-order valence-corrected chi connectivity index (χ3v) is 6.18. The number of amides is 2. The van der Waals surface area contributed by atoms with Gasteiger partial charge in [-0.1, -0.05) is 48.8 Å². The SMILES string of the molecule is Cc1ccccc1C(=O)Nc1ccc2nc(NC(=O)C3CCCCC3)sc2c1. The third kappa shape index (κ3) is 4.07. The zero-order chi connectivity index (χ0) is 19.5. The number of benzene rings is 2. The van der Waals surface area contributed by atoms with Crippen LogP contribution in [-0.2, 0) is 4.79 Å². The first kappa shape index (κ1) is 18.6. The van der Waals surface area contributed by atoms with Gasteiger partial charge in [0.15, 0.2) is 5.13 Å². The Kier molecular flexibility index (Phi) is 5.39. The molecule has 4 rings (SSSR count). The molecule has 0 bridgehead atoms. The van der Waals surface area contributed by atoms with Gasteiger partial charge in [0.25, 0.3) is 5.91 Å². The zero-order valence-electron chi connectivity index (χ0n) is 15.8. The summed E-state index contributed by atoms with van der Waals surface area (Å²) in [5, 5.41) is 6.54. The van der Waals surface area contributed by atoms with Gasteiger partial charge in [-0.05, 0) is 49.6 Å². The molecule has 3 aromatic rings. The first-order valence-corrected chi connectivity index (χ1v) is 10.5. The van der Waals surface area contributed by atoms with E-state index in [1.54, 1.807) is 0 Å². The van der Waals surface area contributed by atoms with E-state index in [0.717, 1.165) is 47.2 Å². The Labute approximate surface area is 168 Å². The Morgan fingerprint density at radius 3 is 2.61 bits per heavy atom. The van der Waals surface area contributed by atoms with Crippen LogP contribution in [0.3, 0.4) is 0 Å². The largest absolute Gasteiger partial charge is 0.322 e. The zero-order valence-corrected chi connectivity index (χ0v) is 16.6. The number of aromatic nitrogens is 1. The maximum absolute atomic E-state index is 12.5. The molecule has 2 amide bonds. The molecular weight excluding hydrogens is 370 g/mol. The van der Waals surface area contributed by atoms with Crippen molar-refractivity contribution in [2.45, 2.75) is 39.0 Å². The van der Waals surface area contributed by atoms with Crippen molar-refractivity contribution in [2.24, 2.45) is 5.92 Å². The van der Waals surface area contributed by atoms with Crippen LogP contribution < -0.4 is 10.6 Å². The molecular formula is C22H23N3O2S. The summed E-state index contributed by atoms with van der Waals surface area (Å²) in [6.07, 6.45) is 5.41. The summed E-state index contributed by atoms with van der Waals surface area (Å²) in [5.41, 5.74) is 3.13. The molecule has 1 aliphatic rings.